The van der Waals surface area contributed by atoms with Gasteiger partial charge in [0.05, 0.1) is 19.1 Å². The summed E-state index contributed by atoms with van der Waals surface area (Å²) in [5, 5.41) is 0. The quantitative estimate of drug-likeness (QED) is 0.746. The molecule has 0 radical (unpaired) electrons. The van der Waals surface area contributed by atoms with Gasteiger partial charge in [-0.3, -0.25) is 9.69 Å². The van der Waals surface area contributed by atoms with Crippen LogP contribution < -0.4 is 4.74 Å². The Morgan fingerprint density at radius 3 is 2.79 bits per heavy atom. The molecule has 5 heteroatoms. The summed E-state index contributed by atoms with van der Waals surface area (Å²) >= 11 is 0. The molecule has 1 aromatic carbocycles. The highest BCUT2D eigenvalue weighted by Crippen LogP contribution is 2.52. The first-order chi connectivity index (χ1) is 11.6. The van der Waals surface area contributed by atoms with Crippen molar-refractivity contribution in [2.75, 3.05) is 13.7 Å². The molecule has 0 amide bonds. The molecule has 2 saturated heterocycles. The molecule has 3 atom stereocenters. The molecule has 2 heterocycles. The van der Waals surface area contributed by atoms with Gasteiger partial charge >= 0.3 is 5.97 Å². The van der Waals surface area contributed by atoms with E-state index in [0.717, 1.165) is 31.2 Å². The maximum Gasteiger partial charge on any atom is 0.313 e. The number of nitrogens with zero attached hydrogens (tertiary/aromatic N) is 1. The molecule has 1 aromatic rings. The second-order valence-electron chi connectivity index (χ2n) is 6.82. The number of esters is 1. The Balaban J connectivity index is 1.80. The number of carbonyl (C=O) groups excluding carboxylic acids is 1. The van der Waals surface area contributed by atoms with E-state index in [9.17, 15) is 9.18 Å². The summed E-state index contributed by atoms with van der Waals surface area (Å²) in [5.41, 5.74) is 0.519. The fourth-order valence-corrected chi connectivity index (χ4v) is 4.58. The zero-order chi connectivity index (χ0) is 17.3. The van der Waals surface area contributed by atoms with Crippen LogP contribution in [0.15, 0.2) is 18.2 Å². The molecule has 2 aliphatic rings. The molecule has 4 nitrogen and oxygen atoms in total. The van der Waals surface area contributed by atoms with E-state index < -0.39 is 5.41 Å². The number of benzene rings is 1. The van der Waals surface area contributed by atoms with E-state index in [-0.39, 0.29) is 23.6 Å². The van der Waals surface area contributed by atoms with Crippen molar-refractivity contribution >= 4 is 5.97 Å². The fraction of sp³-hybridized carbons (Fsp3) is 0.632. The highest BCUT2D eigenvalue weighted by Gasteiger charge is 2.59. The molecule has 0 saturated carbocycles. The van der Waals surface area contributed by atoms with Crippen LogP contribution in [0.3, 0.4) is 0 Å². The van der Waals surface area contributed by atoms with E-state index >= 15 is 0 Å². The number of carbonyl (C=O) groups is 1. The highest BCUT2D eigenvalue weighted by molar-refractivity contribution is 5.78. The van der Waals surface area contributed by atoms with Crippen molar-refractivity contribution < 1.29 is 18.7 Å². The zero-order valence-corrected chi connectivity index (χ0v) is 14.7. The van der Waals surface area contributed by atoms with Gasteiger partial charge in [0, 0.05) is 18.6 Å². The fourth-order valence-electron chi connectivity index (χ4n) is 4.58. The third-order valence-corrected chi connectivity index (χ3v) is 5.77. The predicted octanol–water partition coefficient (Wildman–Crippen LogP) is 3.53. The molecular weight excluding hydrogens is 309 g/mol. The molecule has 24 heavy (non-hydrogen) atoms. The maximum absolute atomic E-state index is 14.0. The minimum atomic E-state index is -0.399. The molecule has 2 bridgehead atoms. The van der Waals surface area contributed by atoms with Gasteiger partial charge in [0.15, 0.2) is 11.6 Å². The Morgan fingerprint density at radius 2 is 2.17 bits per heavy atom. The molecule has 0 aliphatic carbocycles. The number of fused-ring (bicyclic) bond motifs is 2. The Kier molecular flexibility index (Phi) is 4.81. The highest BCUT2D eigenvalue weighted by atomic mass is 19.1. The van der Waals surface area contributed by atoms with Gasteiger partial charge in [-0.05, 0) is 50.3 Å². The number of hydrogen-bond donors (Lipinski definition) is 0. The average molecular weight is 335 g/mol. The van der Waals surface area contributed by atoms with Gasteiger partial charge < -0.3 is 9.47 Å². The molecule has 0 unspecified atom stereocenters. The summed E-state index contributed by atoms with van der Waals surface area (Å²) in [5.74, 6) is -0.142. The number of methoxy groups -OCH3 is 1. The average Bonchev–Trinajstić information content (AvgIpc) is 3.10. The lowest BCUT2D eigenvalue weighted by molar-refractivity contribution is -0.157. The second kappa shape index (κ2) is 6.71. The topological polar surface area (TPSA) is 38.8 Å². The monoisotopic (exact) mass is 335 g/mol. The van der Waals surface area contributed by atoms with E-state index in [1.54, 1.807) is 6.07 Å². The van der Waals surface area contributed by atoms with Crippen molar-refractivity contribution in [3.63, 3.8) is 0 Å². The van der Waals surface area contributed by atoms with Crippen LogP contribution in [0.5, 0.6) is 5.75 Å². The number of ether oxygens (including phenoxy) is 2. The van der Waals surface area contributed by atoms with Crippen molar-refractivity contribution in [1.82, 2.24) is 4.90 Å². The van der Waals surface area contributed by atoms with Crippen LogP contribution in [0, 0.1) is 11.2 Å². The molecular formula is C19H26FNO3. The molecule has 3 rings (SSSR count). The van der Waals surface area contributed by atoms with E-state index in [0.29, 0.717) is 19.2 Å². The van der Waals surface area contributed by atoms with E-state index in [1.165, 1.54) is 13.2 Å². The van der Waals surface area contributed by atoms with E-state index in [1.807, 2.05) is 13.0 Å². The SMILES string of the molecule is CCOC(=O)[C@]1(CC)C[C@@H]2CC[C@H]1N2Cc1ccc(OC)c(F)c1. The number of halogens is 1. The van der Waals surface area contributed by atoms with Gasteiger partial charge in [-0.1, -0.05) is 13.0 Å². The predicted molar refractivity (Wildman–Crippen MR) is 89.3 cm³/mol. The third kappa shape index (κ3) is 2.69. The third-order valence-electron chi connectivity index (χ3n) is 5.77. The molecule has 0 N–H and O–H groups in total. The van der Waals surface area contributed by atoms with Gasteiger partial charge in [0.1, 0.15) is 0 Å². The van der Waals surface area contributed by atoms with Crippen LogP contribution in [0.25, 0.3) is 0 Å². The molecule has 132 valence electrons. The van der Waals surface area contributed by atoms with Crippen molar-refractivity contribution in [2.45, 2.75) is 58.2 Å². The lowest BCUT2D eigenvalue weighted by Crippen LogP contribution is -2.43. The minimum Gasteiger partial charge on any atom is -0.494 e. The standard InChI is InChI=1S/C19H26FNO3/c1-4-19(18(22)24-5-2)11-14-7-9-17(19)21(14)12-13-6-8-16(23-3)15(20)10-13/h6,8,10,14,17H,4-5,7,9,11-12H2,1-3H3/t14-,17+,19+/m0/s1. The Labute approximate surface area is 142 Å². The van der Waals surface area contributed by atoms with E-state index in [4.69, 9.17) is 9.47 Å². The summed E-state index contributed by atoms with van der Waals surface area (Å²) < 4.78 is 24.3. The number of rotatable bonds is 6. The Morgan fingerprint density at radius 1 is 1.38 bits per heavy atom. The zero-order valence-electron chi connectivity index (χ0n) is 14.7. The second-order valence-corrected chi connectivity index (χ2v) is 6.82. The summed E-state index contributed by atoms with van der Waals surface area (Å²) in [7, 11) is 1.47. The van der Waals surface area contributed by atoms with Crippen molar-refractivity contribution in [1.29, 1.82) is 0 Å². The van der Waals surface area contributed by atoms with Crippen LogP contribution >= 0.6 is 0 Å². The normalized spacial score (nSPS) is 29.0. The van der Waals surface area contributed by atoms with Crippen LogP contribution in [0.2, 0.25) is 0 Å². The van der Waals surface area contributed by atoms with Gasteiger partial charge in [0.25, 0.3) is 0 Å². The lowest BCUT2D eigenvalue weighted by Gasteiger charge is -2.34. The summed E-state index contributed by atoms with van der Waals surface area (Å²) in [4.78, 5) is 15.0. The van der Waals surface area contributed by atoms with Crippen LogP contribution in [0.1, 0.15) is 45.1 Å². The van der Waals surface area contributed by atoms with Crippen molar-refractivity contribution in [3.8, 4) is 5.75 Å². The van der Waals surface area contributed by atoms with Gasteiger partial charge in [-0.15, -0.1) is 0 Å². The lowest BCUT2D eigenvalue weighted by atomic mass is 9.72. The summed E-state index contributed by atoms with van der Waals surface area (Å²) in [6.07, 6.45) is 3.76. The van der Waals surface area contributed by atoms with Crippen LogP contribution in [-0.2, 0) is 16.1 Å². The van der Waals surface area contributed by atoms with Gasteiger partial charge in [0.2, 0.25) is 0 Å². The van der Waals surface area contributed by atoms with Crippen molar-refractivity contribution in [2.24, 2.45) is 5.41 Å². The molecule has 0 spiro atoms. The summed E-state index contributed by atoms with van der Waals surface area (Å²) in [6, 6.07) is 5.68. The van der Waals surface area contributed by atoms with Gasteiger partial charge in [-0.25, -0.2) is 4.39 Å². The van der Waals surface area contributed by atoms with Crippen LogP contribution in [-0.4, -0.2) is 36.7 Å². The van der Waals surface area contributed by atoms with Crippen LogP contribution in [0.4, 0.5) is 4.39 Å². The van der Waals surface area contributed by atoms with Gasteiger partial charge in [-0.2, -0.15) is 0 Å². The molecule has 2 fully saturated rings. The Hall–Kier alpha value is -1.62. The summed E-state index contributed by atoms with van der Waals surface area (Å²) in [6.45, 7) is 5.01. The number of hydrogen-bond acceptors (Lipinski definition) is 4. The first-order valence-electron chi connectivity index (χ1n) is 8.81. The first kappa shape index (κ1) is 17.2. The Bertz CT molecular complexity index is 621. The first-order valence-corrected chi connectivity index (χ1v) is 8.81. The van der Waals surface area contributed by atoms with E-state index in [2.05, 4.69) is 11.8 Å². The molecule has 0 aromatic heterocycles. The largest absolute Gasteiger partial charge is 0.494 e. The maximum atomic E-state index is 14.0. The smallest absolute Gasteiger partial charge is 0.313 e. The molecule has 2 aliphatic heterocycles. The minimum absolute atomic E-state index is 0.0642. The van der Waals surface area contributed by atoms with Crippen molar-refractivity contribution in [3.05, 3.63) is 29.6 Å².